The van der Waals surface area contributed by atoms with Crippen molar-refractivity contribution >= 4 is 0 Å². The van der Waals surface area contributed by atoms with Crippen LogP contribution in [0.3, 0.4) is 0 Å². The summed E-state index contributed by atoms with van der Waals surface area (Å²) in [7, 11) is 0. The van der Waals surface area contributed by atoms with Crippen molar-refractivity contribution in [2.75, 3.05) is 13.1 Å². The fraction of sp³-hybridized carbons (Fsp3) is 0.917. The van der Waals surface area contributed by atoms with Crippen LogP contribution in [0.15, 0.2) is 0 Å². The molecule has 2 N–H and O–H groups in total. The van der Waals surface area contributed by atoms with Crippen LogP contribution >= 0.6 is 0 Å². The number of aromatic nitrogens is 4. The Kier molecular flexibility index (Phi) is 3.09. The molecule has 94 valence electrons. The molecule has 0 spiro atoms. The van der Waals surface area contributed by atoms with Gasteiger partial charge in [0, 0.05) is 5.41 Å². The van der Waals surface area contributed by atoms with E-state index in [0.717, 1.165) is 37.7 Å². The molecule has 0 aromatic carbocycles. The van der Waals surface area contributed by atoms with Crippen molar-refractivity contribution in [2.45, 2.75) is 50.4 Å². The van der Waals surface area contributed by atoms with Crippen LogP contribution in [-0.2, 0) is 5.41 Å². The molecule has 0 radical (unpaired) electrons. The molecule has 3 rings (SSSR count). The van der Waals surface area contributed by atoms with E-state index in [9.17, 15) is 0 Å². The summed E-state index contributed by atoms with van der Waals surface area (Å²) < 4.78 is 0. The maximum atomic E-state index is 4.31. The van der Waals surface area contributed by atoms with E-state index in [2.05, 4.69) is 25.9 Å². The molecule has 5 heteroatoms. The van der Waals surface area contributed by atoms with Gasteiger partial charge in [-0.3, -0.25) is 0 Å². The molecule has 2 fully saturated rings. The second kappa shape index (κ2) is 4.72. The Morgan fingerprint density at radius 1 is 1.06 bits per heavy atom. The van der Waals surface area contributed by atoms with Gasteiger partial charge in [-0.1, -0.05) is 24.5 Å². The van der Waals surface area contributed by atoms with E-state index < -0.39 is 0 Å². The Hall–Kier alpha value is -0.970. The third-order valence-corrected chi connectivity index (χ3v) is 4.67. The second-order valence-electron chi connectivity index (χ2n) is 5.48. The number of nitrogens with zero attached hydrogens (tertiary/aromatic N) is 3. The lowest BCUT2D eigenvalue weighted by Crippen LogP contribution is -2.46. The van der Waals surface area contributed by atoms with Gasteiger partial charge in [0.2, 0.25) is 0 Å². The summed E-state index contributed by atoms with van der Waals surface area (Å²) in [6.45, 7) is 2.18. The minimum atomic E-state index is 0.193. The number of nitrogens with one attached hydrogen (secondary N) is 2. The maximum Gasteiger partial charge on any atom is 0.181 e. The number of piperidine rings is 1. The fourth-order valence-corrected chi connectivity index (χ4v) is 3.72. The first-order valence-electron chi connectivity index (χ1n) is 6.86. The number of rotatable bonds is 2. The van der Waals surface area contributed by atoms with Crippen LogP contribution in [0.25, 0.3) is 0 Å². The summed E-state index contributed by atoms with van der Waals surface area (Å²) in [4.78, 5) is 0. The van der Waals surface area contributed by atoms with Crippen molar-refractivity contribution < 1.29 is 0 Å². The Bertz CT molecular complexity index is 336. The van der Waals surface area contributed by atoms with E-state index in [4.69, 9.17) is 0 Å². The summed E-state index contributed by atoms with van der Waals surface area (Å²) in [6.07, 6.45) is 9.16. The van der Waals surface area contributed by atoms with Gasteiger partial charge in [-0.25, -0.2) is 0 Å². The first-order valence-corrected chi connectivity index (χ1v) is 6.86. The van der Waals surface area contributed by atoms with Crippen LogP contribution in [0.4, 0.5) is 0 Å². The zero-order valence-electron chi connectivity index (χ0n) is 10.3. The molecule has 0 amide bonds. The Balaban J connectivity index is 1.89. The van der Waals surface area contributed by atoms with Crippen molar-refractivity contribution in [3.05, 3.63) is 5.82 Å². The van der Waals surface area contributed by atoms with Crippen LogP contribution in [-0.4, -0.2) is 33.7 Å². The topological polar surface area (TPSA) is 66.5 Å². The Morgan fingerprint density at radius 3 is 2.47 bits per heavy atom. The van der Waals surface area contributed by atoms with Gasteiger partial charge in [-0.15, -0.1) is 10.2 Å². The van der Waals surface area contributed by atoms with E-state index in [0.29, 0.717) is 0 Å². The molecule has 5 nitrogen and oxygen atoms in total. The highest BCUT2D eigenvalue weighted by atomic mass is 15.5. The molecule has 1 aromatic heterocycles. The standard InChI is InChI=1S/C12H21N5/c1-2-4-10(5-3-1)12(6-8-13-9-7-12)11-14-16-17-15-11/h10,13H,1-9H2,(H,14,15,16,17). The monoisotopic (exact) mass is 235 g/mol. The summed E-state index contributed by atoms with van der Waals surface area (Å²) in [5.74, 6) is 1.72. The molecule has 0 bridgehead atoms. The second-order valence-corrected chi connectivity index (χ2v) is 5.48. The summed E-state index contributed by atoms with van der Waals surface area (Å²) in [5.41, 5.74) is 0.193. The van der Waals surface area contributed by atoms with Crippen molar-refractivity contribution in [3.63, 3.8) is 0 Å². The van der Waals surface area contributed by atoms with Crippen LogP contribution in [0, 0.1) is 5.92 Å². The Morgan fingerprint density at radius 2 is 1.82 bits per heavy atom. The average Bonchev–Trinajstić information content (AvgIpc) is 2.95. The molecule has 1 aromatic rings. The van der Waals surface area contributed by atoms with Gasteiger partial charge in [0.25, 0.3) is 0 Å². The average molecular weight is 235 g/mol. The fourth-order valence-electron chi connectivity index (χ4n) is 3.72. The molecular weight excluding hydrogens is 214 g/mol. The zero-order valence-corrected chi connectivity index (χ0v) is 10.3. The highest BCUT2D eigenvalue weighted by Crippen LogP contribution is 2.45. The molecule has 1 aliphatic heterocycles. The van der Waals surface area contributed by atoms with Gasteiger partial charge in [-0.2, -0.15) is 5.21 Å². The van der Waals surface area contributed by atoms with Crippen LogP contribution < -0.4 is 5.32 Å². The van der Waals surface area contributed by atoms with Gasteiger partial charge in [0.05, 0.1) is 0 Å². The Labute approximate surface area is 102 Å². The highest BCUT2D eigenvalue weighted by molar-refractivity contribution is 5.11. The number of hydrogen-bond acceptors (Lipinski definition) is 4. The summed E-state index contributed by atoms with van der Waals surface area (Å²) in [6, 6.07) is 0. The molecule has 2 heterocycles. The van der Waals surface area contributed by atoms with E-state index in [1.807, 2.05) is 0 Å². The molecule has 0 atom stereocenters. The third kappa shape index (κ3) is 1.97. The van der Waals surface area contributed by atoms with Crippen LogP contribution in [0.5, 0.6) is 0 Å². The first kappa shape index (κ1) is 11.1. The predicted octanol–water partition coefficient (Wildman–Crippen LogP) is 1.40. The third-order valence-electron chi connectivity index (χ3n) is 4.67. The molecule has 1 aliphatic carbocycles. The number of aromatic amines is 1. The molecular formula is C12H21N5. The molecule has 1 saturated heterocycles. The van der Waals surface area contributed by atoms with Crippen molar-refractivity contribution in [1.29, 1.82) is 0 Å². The van der Waals surface area contributed by atoms with Crippen LogP contribution in [0.2, 0.25) is 0 Å². The van der Waals surface area contributed by atoms with E-state index >= 15 is 0 Å². The molecule has 0 unspecified atom stereocenters. The normalized spacial score (nSPS) is 25.9. The quantitative estimate of drug-likeness (QED) is 0.813. The van der Waals surface area contributed by atoms with Crippen molar-refractivity contribution in [3.8, 4) is 0 Å². The molecule has 1 saturated carbocycles. The number of H-pyrrole nitrogens is 1. The smallest absolute Gasteiger partial charge is 0.181 e. The SMILES string of the molecule is C1CCC(C2(c3nn[nH]n3)CCNCC2)CC1. The number of tetrazole rings is 1. The van der Waals surface area contributed by atoms with Crippen LogP contribution in [0.1, 0.15) is 50.8 Å². The van der Waals surface area contributed by atoms with Crippen molar-refractivity contribution in [1.82, 2.24) is 25.9 Å². The van der Waals surface area contributed by atoms with Gasteiger partial charge < -0.3 is 5.32 Å². The first-order chi connectivity index (χ1) is 8.42. The minimum absolute atomic E-state index is 0.193. The van der Waals surface area contributed by atoms with Gasteiger partial charge in [-0.05, 0) is 44.7 Å². The summed E-state index contributed by atoms with van der Waals surface area (Å²) >= 11 is 0. The lowest BCUT2D eigenvalue weighted by molar-refractivity contribution is 0.147. The zero-order chi connectivity index (χ0) is 11.6. The largest absolute Gasteiger partial charge is 0.317 e. The predicted molar refractivity (Wildman–Crippen MR) is 64.5 cm³/mol. The van der Waals surface area contributed by atoms with Gasteiger partial charge >= 0.3 is 0 Å². The number of hydrogen-bond donors (Lipinski definition) is 2. The summed E-state index contributed by atoms with van der Waals surface area (Å²) in [5, 5.41) is 18.5. The van der Waals surface area contributed by atoms with E-state index in [-0.39, 0.29) is 5.41 Å². The van der Waals surface area contributed by atoms with E-state index in [1.165, 1.54) is 32.1 Å². The van der Waals surface area contributed by atoms with Crippen molar-refractivity contribution in [2.24, 2.45) is 5.92 Å². The highest BCUT2D eigenvalue weighted by Gasteiger charge is 2.44. The molecule has 17 heavy (non-hydrogen) atoms. The van der Waals surface area contributed by atoms with Gasteiger partial charge in [0.15, 0.2) is 5.82 Å². The minimum Gasteiger partial charge on any atom is -0.317 e. The molecule has 2 aliphatic rings. The van der Waals surface area contributed by atoms with Gasteiger partial charge in [0.1, 0.15) is 0 Å². The lowest BCUT2D eigenvalue weighted by Gasteiger charge is -2.43. The lowest BCUT2D eigenvalue weighted by atomic mass is 9.63. The van der Waals surface area contributed by atoms with E-state index in [1.54, 1.807) is 0 Å². The maximum absolute atomic E-state index is 4.31.